The number of hydrogen-bond acceptors (Lipinski definition) is 6. The SMILES string of the molecule is O=C(Nc1cc2ccccc2oc1=O)c1cc(N2CCCC2)ncn1. The van der Waals surface area contributed by atoms with E-state index in [1.165, 1.54) is 6.33 Å². The lowest BCUT2D eigenvalue weighted by molar-refractivity contribution is 0.102. The lowest BCUT2D eigenvalue weighted by atomic mass is 10.2. The van der Waals surface area contributed by atoms with Crippen LogP contribution in [-0.2, 0) is 0 Å². The summed E-state index contributed by atoms with van der Waals surface area (Å²) in [6.07, 6.45) is 3.60. The molecule has 1 aromatic carbocycles. The summed E-state index contributed by atoms with van der Waals surface area (Å²) >= 11 is 0. The Balaban J connectivity index is 1.61. The van der Waals surface area contributed by atoms with Gasteiger partial charge in [0.1, 0.15) is 29.1 Å². The van der Waals surface area contributed by atoms with Gasteiger partial charge < -0.3 is 14.6 Å². The van der Waals surface area contributed by atoms with Crippen molar-refractivity contribution in [3.63, 3.8) is 0 Å². The Kier molecular flexibility index (Phi) is 3.89. The number of hydrogen-bond donors (Lipinski definition) is 1. The molecule has 0 atom stereocenters. The number of para-hydroxylation sites is 1. The smallest absolute Gasteiger partial charge is 0.360 e. The van der Waals surface area contributed by atoms with Crippen LogP contribution in [0.25, 0.3) is 11.0 Å². The van der Waals surface area contributed by atoms with Crippen molar-refractivity contribution in [3.05, 3.63) is 58.8 Å². The molecule has 1 aliphatic heterocycles. The number of fused-ring (bicyclic) bond motifs is 1. The van der Waals surface area contributed by atoms with Crippen LogP contribution in [0.2, 0.25) is 0 Å². The Labute approximate surface area is 143 Å². The van der Waals surface area contributed by atoms with E-state index in [-0.39, 0.29) is 11.4 Å². The van der Waals surface area contributed by atoms with Gasteiger partial charge in [0.25, 0.3) is 5.91 Å². The predicted molar refractivity (Wildman–Crippen MR) is 93.9 cm³/mol. The average Bonchev–Trinajstić information content (AvgIpc) is 3.17. The van der Waals surface area contributed by atoms with Gasteiger partial charge in [0.15, 0.2) is 0 Å². The van der Waals surface area contributed by atoms with Gasteiger partial charge in [-0.3, -0.25) is 4.79 Å². The molecule has 0 saturated carbocycles. The van der Waals surface area contributed by atoms with Crippen molar-refractivity contribution >= 4 is 28.4 Å². The maximum Gasteiger partial charge on any atom is 0.360 e. The van der Waals surface area contributed by atoms with Crippen molar-refractivity contribution in [1.82, 2.24) is 9.97 Å². The zero-order chi connectivity index (χ0) is 17.2. The van der Waals surface area contributed by atoms with Gasteiger partial charge in [-0.15, -0.1) is 0 Å². The molecule has 7 heteroatoms. The van der Waals surface area contributed by atoms with Crippen LogP contribution in [0.3, 0.4) is 0 Å². The molecule has 0 aliphatic carbocycles. The average molecular weight is 336 g/mol. The van der Waals surface area contributed by atoms with Crippen molar-refractivity contribution < 1.29 is 9.21 Å². The normalized spacial score (nSPS) is 14.0. The summed E-state index contributed by atoms with van der Waals surface area (Å²) in [4.78, 5) is 34.9. The molecular weight excluding hydrogens is 320 g/mol. The number of benzene rings is 1. The summed E-state index contributed by atoms with van der Waals surface area (Å²) in [6.45, 7) is 1.85. The summed E-state index contributed by atoms with van der Waals surface area (Å²) in [5, 5.41) is 3.32. The number of aromatic nitrogens is 2. The van der Waals surface area contributed by atoms with Crippen LogP contribution in [0, 0.1) is 0 Å². The maximum absolute atomic E-state index is 12.5. The van der Waals surface area contributed by atoms with Crippen LogP contribution in [0.5, 0.6) is 0 Å². The summed E-state index contributed by atoms with van der Waals surface area (Å²) in [6, 6.07) is 10.4. The molecular formula is C18H16N4O3. The van der Waals surface area contributed by atoms with E-state index in [1.807, 2.05) is 12.1 Å². The second kappa shape index (κ2) is 6.35. The Morgan fingerprint density at radius 2 is 1.92 bits per heavy atom. The van der Waals surface area contributed by atoms with Crippen LogP contribution >= 0.6 is 0 Å². The molecule has 4 rings (SSSR count). The molecule has 1 aliphatic rings. The van der Waals surface area contributed by atoms with Crippen LogP contribution in [-0.4, -0.2) is 29.0 Å². The first-order valence-electron chi connectivity index (χ1n) is 8.12. The summed E-state index contributed by atoms with van der Waals surface area (Å²) in [5.74, 6) is 0.258. The third-order valence-electron chi connectivity index (χ3n) is 4.20. The van der Waals surface area contributed by atoms with E-state index >= 15 is 0 Å². The van der Waals surface area contributed by atoms with Crippen LogP contribution < -0.4 is 15.8 Å². The number of carbonyl (C=O) groups excluding carboxylic acids is 1. The third kappa shape index (κ3) is 3.08. The highest BCUT2D eigenvalue weighted by Crippen LogP contribution is 2.19. The zero-order valence-corrected chi connectivity index (χ0v) is 13.4. The van der Waals surface area contributed by atoms with Crippen molar-refractivity contribution in [2.75, 3.05) is 23.3 Å². The second-order valence-corrected chi connectivity index (χ2v) is 5.90. The number of amides is 1. The first-order chi connectivity index (χ1) is 12.2. The molecule has 0 spiro atoms. The Bertz CT molecular complexity index is 993. The van der Waals surface area contributed by atoms with Gasteiger partial charge in [0.05, 0.1) is 0 Å². The van der Waals surface area contributed by atoms with E-state index in [0.29, 0.717) is 5.58 Å². The molecule has 3 aromatic rings. The topological polar surface area (TPSA) is 88.3 Å². The lowest BCUT2D eigenvalue weighted by Crippen LogP contribution is -2.22. The minimum Gasteiger partial charge on any atom is -0.421 e. The van der Waals surface area contributed by atoms with E-state index in [1.54, 1.807) is 24.3 Å². The molecule has 1 saturated heterocycles. The van der Waals surface area contributed by atoms with E-state index in [0.717, 1.165) is 37.1 Å². The minimum atomic E-state index is -0.596. The van der Waals surface area contributed by atoms with Gasteiger partial charge in [-0.05, 0) is 25.0 Å². The third-order valence-corrected chi connectivity index (χ3v) is 4.20. The van der Waals surface area contributed by atoms with E-state index in [9.17, 15) is 9.59 Å². The fraction of sp³-hybridized carbons (Fsp3) is 0.222. The standard InChI is InChI=1S/C18H16N4O3/c23-17(13-10-16(20-11-19-13)22-7-3-4-8-22)21-14-9-12-5-1-2-6-15(12)25-18(14)24/h1-2,5-6,9-11H,3-4,7-8H2,(H,21,23). The molecule has 1 N–H and O–H groups in total. The van der Waals surface area contributed by atoms with Crippen molar-refractivity contribution in [3.8, 4) is 0 Å². The molecule has 126 valence electrons. The molecule has 7 nitrogen and oxygen atoms in total. The van der Waals surface area contributed by atoms with Crippen molar-refractivity contribution in [2.24, 2.45) is 0 Å². The highest BCUT2D eigenvalue weighted by molar-refractivity contribution is 6.03. The maximum atomic E-state index is 12.5. The molecule has 1 fully saturated rings. The monoisotopic (exact) mass is 336 g/mol. The predicted octanol–water partition coefficient (Wildman–Crippen LogP) is 2.44. The number of carbonyl (C=O) groups is 1. The first kappa shape index (κ1) is 15.3. The Hall–Kier alpha value is -3.22. The summed E-state index contributed by atoms with van der Waals surface area (Å²) in [5.41, 5.74) is 0.180. The molecule has 2 aromatic heterocycles. The zero-order valence-electron chi connectivity index (χ0n) is 13.4. The number of nitrogens with one attached hydrogen (secondary N) is 1. The summed E-state index contributed by atoms with van der Waals surface area (Å²) < 4.78 is 5.22. The number of nitrogens with zero attached hydrogens (tertiary/aromatic N) is 3. The molecule has 0 bridgehead atoms. The van der Waals surface area contributed by atoms with Gasteiger partial charge in [-0.25, -0.2) is 14.8 Å². The first-order valence-corrected chi connectivity index (χ1v) is 8.12. The van der Waals surface area contributed by atoms with Crippen LogP contribution in [0.4, 0.5) is 11.5 Å². The molecule has 3 heterocycles. The Morgan fingerprint density at radius 3 is 2.76 bits per heavy atom. The van der Waals surface area contributed by atoms with Crippen molar-refractivity contribution in [2.45, 2.75) is 12.8 Å². The molecule has 0 radical (unpaired) electrons. The van der Waals surface area contributed by atoms with Crippen LogP contribution in [0.15, 0.2) is 51.9 Å². The quantitative estimate of drug-likeness (QED) is 0.739. The number of rotatable bonds is 3. The second-order valence-electron chi connectivity index (χ2n) is 5.90. The summed E-state index contributed by atoms with van der Waals surface area (Å²) in [7, 11) is 0. The molecule has 0 unspecified atom stereocenters. The largest absolute Gasteiger partial charge is 0.421 e. The van der Waals surface area contributed by atoms with Gasteiger partial charge in [0.2, 0.25) is 0 Å². The number of anilines is 2. The lowest BCUT2D eigenvalue weighted by Gasteiger charge is -2.16. The van der Waals surface area contributed by atoms with Gasteiger partial charge >= 0.3 is 5.63 Å². The van der Waals surface area contributed by atoms with E-state index < -0.39 is 11.5 Å². The fourth-order valence-corrected chi connectivity index (χ4v) is 2.93. The Morgan fingerprint density at radius 1 is 1.12 bits per heavy atom. The molecule has 25 heavy (non-hydrogen) atoms. The van der Waals surface area contributed by atoms with E-state index in [4.69, 9.17) is 4.42 Å². The minimum absolute atomic E-state index is 0.0880. The molecule has 1 amide bonds. The van der Waals surface area contributed by atoms with Gasteiger partial charge in [-0.1, -0.05) is 18.2 Å². The van der Waals surface area contributed by atoms with E-state index in [2.05, 4.69) is 20.2 Å². The van der Waals surface area contributed by atoms with Crippen molar-refractivity contribution in [1.29, 1.82) is 0 Å². The highest BCUT2D eigenvalue weighted by atomic mass is 16.4. The fourth-order valence-electron chi connectivity index (χ4n) is 2.93. The highest BCUT2D eigenvalue weighted by Gasteiger charge is 2.17. The van der Waals surface area contributed by atoms with Crippen LogP contribution in [0.1, 0.15) is 23.3 Å². The van der Waals surface area contributed by atoms with Gasteiger partial charge in [-0.2, -0.15) is 0 Å². The van der Waals surface area contributed by atoms with Gasteiger partial charge in [0, 0.05) is 24.5 Å².